The van der Waals surface area contributed by atoms with Crippen molar-refractivity contribution < 1.29 is 9.13 Å². The van der Waals surface area contributed by atoms with Gasteiger partial charge in [0.05, 0.1) is 0 Å². The minimum Gasteiger partial charge on any atom is -0.457 e. The Morgan fingerprint density at radius 3 is 2.52 bits per heavy atom. The van der Waals surface area contributed by atoms with E-state index in [1.54, 1.807) is 19.1 Å². The Labute approximate surface area is 126 Å². The molecule has 2 aromatic carbocycles. The van der Waals surface area contributed by atoms with Crippen LogP contribution in [0.15, 0.2) is 42.5 Å². The van der Waals surface area contributed by atoms with Crippen LogP contribution in [0.1, 0.15) is 37.4 Å². The molecule has 3 heteroatoms. The fraction of sp³-hybridized carbons (Fsp3) is 0.333. The largest absolute Gasteiger partial charge is 0.457 e. The maximum absolute atomic E-state index is 13.3. The Bertz CT molecular complexity index is 598. The van der Waals surface area contributed by atoms with Crippen molar-refractivity contribution in [1.82, 2.24) is 5.32 Å². The number of benzene rings is 2. The first kappa shape index (κ1) is 15.5. The van der Waals surface area contributed by atoms with Crippen LogP contribution in [0.3, 0.4) is 0 Å². The van der Waals surface area contributed by atoms with Gasteiger partial charge in [0, 0.05) is 6.04 Å². The quantitative estimate of drug-likeness (QED) is 0.808. The molecule has 0 aliphatic carbocycles. The van der Waals surface area contributed by atoms with Crippen molar-refractivity contribution in [2.45, 2.75) is 33.2 Å². The van der Waals surface area contributed by atoms with Gasteiger partial charge < -0.3 is 10.1 Å². The summed E-state index contributed by atoms with van der Waals surface area (Å²) in [6.45, 7) is 6.92. The molecule has 0 aliphatic rings. The van der Waals surface area contributed by atoms with E-state index in [9.17, 15) is 4.39 Å². The summed E-state index contributed by atoms with van der Waals surface area (Å²) >= 11 is 0. The van der Waals surface area contributed by atoms with Crippen LogP contribution in [0.4, 0.5) is 4.39 Å². The van der Waals surface area contributed by atoms with Gasteiger partial charge >= 0.3 is 0 Å². The highest BCUT2D eigenvalue weighted by Crippen LogP contribution is 2.26. The molecular weight excluding hydrogens is 265 g/mol. The SMILES string of the molecule is CCNC(CC)c1cccc(Oc2ccc(F)c(C)c2)c1. The Hall–Kier alpha value is -1.87. The molecule has 0 aliphatic heterocycles. The third-order valence-corrected chi connectivity index (χ3v) is 3.48. The van der Waals surface area contributed by atoms with E-state index >= 15 is 0 Å². The van der Waals surface area contributed by atoms with Crippen LogP contribution >= 0.6 is 0 Å². The summed E-state index contributed by atoms with van der Waals surface area (Å²) in [4.78, 5) is 0. The first-order valence-electron chi connectivity index (χ1n) is 7.41. The molecule has 0 radical (unpaired) electrons. The number of aryl methyl sites for hydroxylation is 1. The van der Waals surface area contributed by atoms with Gasteiger partial charge in [-0.1, -0.05) is 26.0 Å². The van der Waals surface area contributed by atoms with Crippen molar-refractivity contribution >= 4 is 0 Å². The molecule has 112 valence electrons. The standard InChI is InChI=1S/C18H22FNO/c1-4-18(20-5-2)14-7-6-8-15(12-14)21-16-9-10-17(19)13(3)11-16/h6-12,18,20H,4-5H2,1-3H3. The summed E-state index contributed by atoms with van der Waals surface area (Å²) in [6, 6.07) is 13.2. The Kier molecular flexibility index (Phi) is 5.34. The predicted octanol–water partition coefficient (Wildman–Crippen LogP) is 4.99. The van der Waals surface area contributed by atoms with Gasteiger partial charge in [0.2, 0.25) is 0 Å². The molecule has 1 unspecified atom stereocenters. The molecule has 0 bridgehead atoms. The zero-order chi connectivity index (χ0) is 15.2. The highest BCUT2D eigenvalue weighted by atomic mass is 19.1. The van der Waals surface area contributed by atoms with Crippen molar-refractivity contribution in [2.75, 3.05) is 6.54 Å². The predicted molar refractivity (Wildman–Crippen MR) is 84.4 cm³/mol. The number of hydrogen-bond acceptors (Lipinski definition) is 2. The van der Waals surface area contributed by atoms with Gasteiger partial charge in [-0.3, -0.25) is 0 Å². The normalized spacial score (nSPS) is 12.2. The molecule has 21 heavy (non-hydrogen) atoms. The zero-order valence-corrected chi connectivity index (χ0v) is 12.8. The van der Waals surface area contributed by atoms with E-state index in [1.165, 1.54) is 11.6 Å². The van der Waals surface area contributed by atoms with Gasteiger partial charge in [-0.25, -0.2) is 4.39 Å². The van der Waals surface area contributed by atoms with E-state index in [4.69, 9.17) is 4.74 Å². The Morgan fingerprint density at radius 2 is 1.86 bits per heavy atom. The Balaban J connectivity index is 2.18. The second kappa shape index (κ2) is 7.23. The maximum Gasteiger partial charge on any atom is 0.127 e. The van der Waals surface area contributed by atoms with Gasteiger partial charge in [0.1, 0.15) is 17.3 Å². The topological polar surface area (TPSA) is 21.3 Å². The number of halogens is 1. The number of hydrogen-bond donors (Lipinski definition) is 1. The van der Waals surface area contributed by atoms with Crippen LogP contribution < -0.4 is 10.1 Å². The minimum atomic E-state index is -0.214. The molecule has 0 saturated heterocycles. The van der Waals surface area contributed by atoms with E-state index in [1.807, 2.05) is 18.2 Å². The lowest BCUT2D eigenvalue weighted by Crippen LogP contribution is -2.19. The van der Waals surface area contributed by atoms with Crippen molar-refractivity contribution in [3.63, 3.8) is 0 Å². The van der Waals surface area contributed by atoms with Crippen LogP contribution in [-0.4, -0.2) is 6.54 Å². The highest BCUT2D eigenvalue weighted by molar-refractivity contribution is 5.36. The third-order valence-electron chi connectivity index (χ3n) is 3.48. The Morgan fingerprint density at radius 1 is 1.10 bits per heavy atom. The number of nitrogens with one attached hydrogen (secondary N) is 1. The smallest absolute Gasteiger partial charge is 0.127 e. The summed E-state index contributed by atoms with van der Waals surface area (Å²) in [7, 11) is 0. The van der Waals surface area contributed by atoms with Crippen LogP contribution in [0.5, 0.6) is 11.5 Å². The molecule has 2 nitrogen and oxygen atoms in total. The zero-order valence-electron chi connectivity index (χ0n) is 12.8. The van der Waals surface area contributed by atoms with Gasteiger partial charge in [0.25, 0.3) is 0 Å². The van der Waals surface area contributed by atoms with E-state index in [2.05, 4.69) is 25.2 Å². The third kappa shape index (κ3) is 4.05. The molecule has 0 fully saturated rings. The fourth-order valence-electron chi connectivity index (χ4n) is 2.36. The molecule has 0 saturated carbocycles. The lowest BCUT2D eigenvalue weighted by atomic mass is 10.0. The average molecular weight is 287 g/mol. The summed E-state index contributed by atoms with van der Waals surface area (Å²) in [5.41, 5.74) is 1.79. The number of ether oxygens (including phenoxy) is 1. The molecule has 2 rings (SSSR count). The molecule has 1 N–H and O–H groups in total. The average Bonchev–Trinajstić information content (AvgIpc) is 2.49. The highest BCUT2D eigenvalue weighted by Gasteiger charge is 2.09. The van der Waals surface area contributed by atoms with Crippen molar-refractivity contribution in [3.05, 3.63) is 59.4 Å². The van der Waals surface area contributed by atoms with Crippen LogP contribution in [-0.2, 0) is 0 Å². The van der Waals surface area contributed by atoms with Crippen molar-refractivity contribution in [1.29, 1.82) is 0 Å². The number of rotatable bonds is 6. The van der Waals surface area contributed by atoms with Crippen LogP contribution in [0, 0.1) is 12.7 Å². The van der Waals surface area contributed by atoms with Crippen LogP contribution in [0.2, 0.25) is 0 Å². The molecule has 2 aromatic rings. The van der Waals surface area contributed by atoms with Gasteiger partial charge in [-0.05, 0) is 61.3 Å². The molecule has 0 aromatic heterocycles. The summed E-state index contributed by atoms with van der Waals surface area (Å²) in [5.74, 6) is 1.21. The molecular formula is C18H22FNO. The molecule has 1 atom stereocenters. The van der Waals surface area contributed by atoms with E-state index in [0.717, 1.165) is 18.7 Å². The summed E-state index contributed by atoms with van der Waals surface area (Å²) in [5, 5.41) is 3.45. The second-order valence-electron chi connectivity index (χ2n) is 5.10. The first-order valence-corrected chi connectivity index (χ1v) is 7.41. The summed E-state index contributed by atoms with van der Waals surface area (Å²) < 4.78 is 19.1. The fourth-order valence-corrected chi connectivity index (χ4v) is 2.36. The first-order chi connectivity index (χ1) is 10.1. The van der Waals surface area contributed by atoms with Crippen LogP contribution in [0.25, 0.3) is 0 Å². The molecule has 0 spiro atoms. The van der Waals surface area contributed by atoms with E-state index in [0.29, 0.717) is 17.4 Å². The van der Waals surface area contributed by atoms with Crippen molar-refractivity contribution in [2.24, 2.45) is 0 Å². The second-order valence-corrected chi connectivity index (χ2v) is 5.10. The van der Waals surface area contributed by atoms with Crippen molar-refractivity contribution in [3.8, 4) is 11.5 Å². The summed E-state index contributed by atoms with van der Waals surface area (Å²) in [6.07, 6.45) is 1.02. The molecule has 0 heterocycles. The molecule has 0 amide bonds. The monoisotopic (exact) mass is 287 g/mol. The van der Waals surface area contributed by atoms with Gasteiger partial charge in [0.15, 0.2) is 0 Å². The maximum atomic E-state index is 13.3. The minimum absolute atomic E-state index is 0.214. The van der Waals surface area contributed by atoms with Gasteiger partial charge in [-0.2, -0.15) is 0 Å². The van der Waals surface area contributed by atoms with Gasteiger partial charge in [-0.15, -0.1) is 0 Å². The lowest BCUT2D eigenvalue weighted by molar-refractivity contribution is 0.475. The lowest BCUT2D eigenvalue weighted by Gasteiger charge is -2.17. The van der Waals surface area contributed by atoms with E-state index in [-0.39, 0.29) is 5.82 Å². The van der Waals surface area contributed by atoms with E-state index < -0.39 is 0 Å².